The minimum atomic E-state index is -0.709. The molecule has 98 valence electrons. The third-order valence-electron chi connectivity index (χ3n) is 2.89. The zero-order valence-corrected chi connectivity index (χ0v) is 9.55. The molecule has 1 atom stereocenters. The average Bonchev–Trinajstić information content (AvgIpc) is 3.09. The molecule has 0 saturated carbocycles. The first-order chi connectivity index (χ1) is 9.08. The number of hydrogen-bond donors (Lipinski definition) is 0. The molecule has 1 unspecified atom stereocenters. The van der Waals surface area contributed by atoms with Crippen molar-refractivity contribution in [2.45, 2.75) is 12.6 Å². The molecule has 2 heterocycles. The summed E-state index contributed by atoms with van der Waals surface area (Å²) in [4.78, 5) is 20.6. The number of fused-ring (bicyclic) bond motifs is 1. The van der Waals surface area contributed by atoms with E-state index in [2.05, 4.69) is 5.10 Å². The van der Waals surface area contributed by atoms with Crippen LogP contribution in [0.3, 0.4) is 0 Å². The topological polar surface area (TPSA) is 117 Å². The second kappa shape index (κ2) is 3.99. The summed E-state index contributed by atoms with van der Waals surface area (Å²) in [5.74, 6) is -0.497. The summed E-state index contributed by atoms with van der Waals surface area (Å²) in [5, 5.41) is 25.7. The van der Waals surface area contributed by atoms with Gasteiger partial charge < -0.3 is 14.9 Å². The van der Waals surface area contributed by atoms with Gasteiger partial charge in [0.1, 0.15) is 11.6 Å². The van der Waals surface area contributed by atoms with Crippen LogP contribution in [-0.4, -0.2) is 32.3 Å². The van der Waals surface area contributed by atoms with Crippen molar-refractivity contribution in [3.8, 4) is 0 Å². The van der Waals surface area contributed by atoms with Gasteiger partial charge in [-0.1, -0.05) is 6.07 Å². The summed E-state index contributed by atoms with van der Waals surface area (Å²) in [7, 11) is 0. The van der Waals surface area contributed by atoms with Crippen LogP contribution in [0, 0.1) is 20.2 Å². The standard InChI is InChI=1S/C10H8N4O5/c15-13(16)8-3-1-2-7-9(8)10(14(17)18)11-12(7)4-6-5-19-6/h1-3,6H,4-5H2. The molecule has 0 amide bonds. The Morgan fingerprint density at radius 1 is 1.37 bits per heavy atom. The Hall–Kier alpha value is -2.55. The fraction of sp³-hybridized carbons (Fsp3) is 0.300. The number of nitro benzene ring substituents is 1. The Labute approximate surface area is 105 Å². The predicted octanol–water partition coefficient (Wildman–Crippen LogP) is 1.25. The highest BCUT2D eigenvalue weighted by Gasteiger charge is 2.32. The van der Waals surface area contributed by atoms with Gasteiger partial charge >= 0.3 is 5.82 Å². The maximum absolute atomic E-state index is 11.0. The molecule has 1 fully saturated rings. The lowest BCUT2D eigenvalue weighted by molar-refractivity contribution is -0.393. The SMILES string of the molecule is O=[N+]([O-])c1cccc2c1c([N+](=O)[O-])nn2CC1CO1. The summed E-state index contributed by atoms with van der Waals surface area (Å²) in [5.41, 5.74) is 0.0589. The summed E-state index contributed by atoms with van der Waals surface area (Å²) < 4.78 is 6.43. The van der Waals surface area contributed by atoms with Crippen LogP contribution < -0.4 is 0 Å². The normalized spacial score (nSPS) is 17.6. The zero-order valence-electron chi connectivity index (χ0n) is 9.55. The lowest BCUT2D eigenvalue weighted by Crippen LogP contribution is -2.05. The molecule has 0 bridgehead atoms. The Bertz CT molecular complexity index is 691. The first kappa shape index (κ1) is 11.5. The number of nitro groups is 2. The molecule has 3 rings (SSSR count). The van der Waals surface area contributed by atoms with E-state index in [1.807, 2.05) is 0 Å². The molecule has 1 aromatic carbocycles. The van der Waals surface area contributed by atoms with E-state index < -0.39 is 15.7 Å². The molecule has 1 aliphatic heterocycles. The summed E-state index contributed by atoms with van der Waals surface area (Å²) in [6, 6.07) is 4.29. The van der Waals surface area contributed by atoms with Gasteiger partial charge in [0, 0.05) is 6.07 Å². The Balaban J connectivity index is 2.26. The van der Waals surface area contributed by atoms with Crippen molar-refractivity contribution in [2.24, 2.45) is 0 Å². The van der Waals surface area contributed by atoms with Crippen LogP contribution in [0.2, 0.25) is 0 Å². The first-order valence-corrected chi connectivity index (χ1v) is 5.48. The van der Waals surface area contributed by atoms with Crippen molar-refractivity contribution in [1.29, 1.82) is 0 Å². The number of ether oxygens (including phenoxy) is 1. The van der Waals surface area contributed by atoms with Crippen LogP contribution in [0.25, 0.3) is 10.9 Å². The second-order valence-electron chi connectivity index (χ2n) is 4.15. The molecule has 0 aliphatic carbocycles. The Morgan fingerprint density at radius 3 is 2.68 bits per heavy atom. The molecule has 0 radical (unpaired) electrons. The predicted molar refractivity (Wildman–Crippen MR) is 62.8 cm³/mol. The van der Waals surface area contributed by atoms with E-state index in [1.54, 1.807) is 6.07 Å². The summed E-state index contributed by atoms with van der Waals surface area (Å²) in [6.45, 7) is 0.926. The third-order valence-corrected chi connectivity index (χ3v) is 2.89. The number of benzene rings is 1. The third kappa shape index (κ3) is 1.89. The fourth-order valence-electron chi connectivity index (χ4n) is 1.98. The summed E-state index contributed by atoms with van der Waals surface area (Å²) in [6.07, 6.45) is -0.0260. The molecule has 2 aromatic rings. The first-order valence-electron chi connectivity index (χ1n) is 5.48. The zero-order chi connectivity index (χ0) is 13.6. The van der Waals surface area contributed by atoms with Gasteiger partial charge in [-0.15, -0.1) is 0 Å². The molecule has 0 spiro atoms. The molecule has 1 aliphatic rings. The smallest absolute Gasteiger partial charge is 0.371 e. The van der Waals surface area contributed by atoms with Gasteiger partial charge in [0.25, 0.3) is 5.69 Å². The highest BCUT2D eigenvalue weighted by Crippen LogP contribution is 2.33. The number of nitrogens with zero attached hydrogens (tertiary/aromatic N) is 4. The number of aromatic nitrogens is 2. The van der Waals surface area contributed by atoms with E-state index in [4.69, 9.17) is 4.74 Å². The van der Waals surface area contributed by atoms with E-state index in [1.165, 1.54) is 16.8 Å². The van der Waals surface area contributed by atoms with Gasteiger partial charge in [0.05, 0.1) is 23.2 Å². The van der Waals surface area contributed by atoms with Gasteiger partial charge in [0.15, 0.2) is 5.39 Å². The number of non-ortho nitro benzene ring substituents is 1. The van der Waals surface area contributed by atoms with Gasteiger partial charge in [-0.25, -0.2) is 0 Å². The lowest BCUT2D eigenvalue weighted by atomic mass is 10.2. The Kier molecular flexibility index (Phi) is 2.42. The minimum absolute atomic E-state index is 0.0260. The highest BCUT2D eigenvalue weighted by molar-refractivity contribution is 5.95. The quantitative estimate of drug-likeness (QED) is 0.466. The molecular formula is C10H8N4O5. The van der Waals surface area contributed by atoms with Crippen LogP contribution in [0.4, 0.5) is 11.5 Å². The van der Waals surface area contributed by atoms with Crippen LogP contribution in [0.5, 0.6) is 0 Å². The molecule has 9 nitrogen and oxygen atoms in total. The molecule has 9 heteroatoms. The van der Waals surface area contributed by atoms with Crippen LogP contribution in [-0.2, 0) is 11.3 Å². The molecule has 0 N–H and O–H groups in total. The van der Waals surface area contributed by atoms with Gasteiger partial charge in [-0.2, -0.15) is 4.68 Å². The maximum atomic E-state index is 11.0. The average molecular weight is 264 g/mol. The molecule has 19 heavy (non-hydrogen) atoms. The van der Waals surface area contributed by atoms with Crippen LogP contribution in [0.1, 0.15) is 0 Å². The van der Waals surface area contributed by atoms with Crippen molar-refractivity contribution in [3.63, 3.8) is 0 Å². The van der Waals surface area contributed by atoms with Crippen molar-refractivity contribution >= 4 is 22.4 Å². The van der Waals surface area contributed by atoms with E-state index in [0.29, 0.717) is 18.7 Å². The fourth-order valence-corrected chi connectivity index (χ4v) is 1.98. The van der Waals surface area contributed by atoms with Crippen molar-refractivity contribution in [2.75, 3.05) is 6.61 Å². The van der Waals surface area contributed by atoms with E-state index in [0.717, 1.165) is 0 Å². The molecule has 1 saturated heterocycles. The summed E-state index contributed by atoms with van der Waals surface area (Å²) >= 11 is 0. The van der Waals surface area contributed by atoms with E-state index in [9.17, 15) is 20.2 Å². The Morgan fingerprint density at radius 2 is 2.11 bits per heavy atom. The highest BCUT2D eigenvalue weighted by atomic mass is 16.6. The molecule has 1 aromatic heterocycles. The monoisotopic (exact) mass is 264 g/mol. The van der Waals surface area contributed by atoms with E-state index in [-0.39, 0.29) is 17.2 Å². The van der Waals surface area contributed by atoms with Gasteiger partial charge in [-0.3, -0.25) is 10.1 Å². The number of epoxide rings is 1. The largest absolute Gasteiger partial charge is 0.404 e. The van der Waals surface area contributed by atoms with Gasteiger partial charge in [-0.05, 0) is 11.0 Å². The van der Waals surface area contributed by atoms with Crippen LogP contribution >= 0.6 is 0 Å². The maximum Gasteiger partial charge on any atom is 0.404 e. The lowest BCUT2D eigenvalue weighted by Gasteiger charge is -1.95. The number of hydrogen-bond acceptors (Lipinski definition) is 6. The van der Waals surface area contributed by atoms with Crippen molar-refractivity contribution in [3.05, 3.63) is 38.4 Å². The van der Waals surface area contributed by atoms with Crippen molar-refractivity contribution < 1.29 is 14.6 Å². The molecular weight excluding hydrogens is 256 g/mol. The minimum Gasteiger partial charge on any atom is -0.371 e. The van der Waals surface area contributed by atoms with Crippen molar-refractivity contribution in [1.82, 2.24) is 9.78 Å². The van der Waals surface area contributed by atoms with Crippen LogP contribution in [0.15, 0.2) is 18.2 Å². The second-order valence-corrected chi connectivity index (χ2v) is 4.15. The number of rotatable bonds is 4. The van der Waals surface area contributed by atoms with Gasteiger partial charge in [0.2, 0.25) is 0 Å². The van der Waals surface area contributed by atoms with E-state index >= 15 is 0 Å².